The van der Waals surface area contributed by atoms with Gasteiger partial charge in [-0.1, -0.05) is 13.0 Å². The van der Waals surface area contributed by atoms with Crippen LogP contribution in [0.15, 0.2) is 18.2 Å². The second-order valence-electron chi connectivity index (χ2n) is 10.6. The van der Waals surface area contributed by atoms with Crippen molar-refractivity contribution in [2.75, 3.05) is 20.5 Å². The summed E-state index contributed by atoms with van der Waals surface area (Å²) in [5.41, 5.74) is 2.90. The van der Waals surface area contributed by atoms with E-state index in [1.54, 1.807) is 7.11 Å². The van der Waals surface area contributed by atoms with Crippen LogP contribution in [0, 0.1) is 17.3 Å². The third-order valence-electron chi connectivity index (χ3n) is 8.65. The summed E-state index contributed by atoms with van der Waals surface area (Å²) >= 11 is 0. The van der Waals surface area contributed by atoms with Gasteiger partial charge in [0.25, 0.3) is 0 Å². The zero-order chi connectivity index (χ0) is 25.4. The number of aryl methyl sites for hydroxylation is 1. The Morgan fingerprint density at radius 1 is 1.09 bits per heavy atom. The van der Waals surface area contributed by atoms with Crippen molar-refractivity contribution in [3.63, 3.8) is 0 Å². The molecule has 2 saturated carbocycles. The number of methoxy groups -OCH3 is 1. The molecule has 3 aliphatic rings. The summed E-state index contributed by atoms with van der Waals surface area (Å²) in [6.45, 7) is 2.88. The van der Waals surface area contributed by atoms with Gasteiger partial charge in [-0.05, 0) is 97.8 Å². The van der Waals surface area contributed by atoms with Crippen molar-refractivity contribution in [1.82, 2.24) is 0 Å². The predicted octanol–water partition coefficient (Wildman–Crippen LogP) is 4.37. The van der Waals surface area contributed by atoms with Gasteiger partial charge < -0.3 is 33.8 Å². The SMILES string of the molecule is COCOC1CC[C@H]2[C@@H]3CCc4cc(OCCCC(P(=O)(O)O)P(=O)(O)O)ccc4[C@H]3CC[C@]12C. The molecule has 0 amide bonds. The van der Waals surface area contributed by atoms with Crippen LogP contribution in [0.5, 0.6) is 5.75 Å². The van der Waals surface area contributed by atoms with Crippen LogP contribution < -0.4 is 4.74 Å². The van der Waals surface area contributed by atoms with E-state index in [1.807, 2.05) is 6.07 Å². The first kappa shape index (κ1) is 27.3. The molecule has 0 aliphatic heterocycles. The van der Waals surface area contributed by atoms with E-state index in [0.717, 1.165) is 32.1 Å². The quantitative estimate of drug-likeness (QED) is 0.196. The van der Waals surface area contributed by atoms with Gasteiger partial charge in [-0.3, -0.25) is 9.13 Å². The Balaban J connectivity index is 1.37. The Morgan fingerprint density at radius 3 is 2.51 bits per heavy atom. The Labute approximate surface area is 206 Å². The Bertz CT molecular complexity index is 967. The molecule has 0 heterocycles. The van der Waals surface area contributed by atoms with E-state index in [0.29, 0.717) is 30.3 Å². The summed E-state index contributed by atoms with van der Waals surface area (Å²) in [4.78, 5) is 37.0. The number of hydrogen-bond donors (Lipinski definition) is 4. The molecule has 35 heavy (non-hydrogen) atoms. The fourth-order valence-electron chi connectivity index (χ4n) is 7.01. The second kappa shape index (κ2) is 10.5. The number of hydrogen-bond acceptors (Lipinski definition) is 5. The van der Waals surface area contributed by atoms with Crippen molar-refractivity contribution >= 4 is 15.2 Å². The lowest BCUT2D eigenvalue weighted by molar-refractivity contribution is -0.125. The molecular formula is C24H38O9P2. The number of fused-ring (bicyclic) bond motifs is 5. The maximum atomic E-state index is 11.4. The molecule has 1 aromatic carbocycles. The highest BCUT2D eigenvalue weighted by Crippen LogP contribution is 2.62. The fourth-order valence-corrected chi connectivity index (χ4v) is 9.62. The van der Waals surface area contributed by atoms with Gasteiger partial charge in [0.15, 0.2) is 5.40 Å². The van der Waals surface area contributed by atoms with E-state index in [-0.39, 0.29) is 31.0 Å². The predicted molar refractivity (Wildman–Crippen MR) is 130 cm³/mol. The molecule has 11 heteroatoms. The Kier molecular flexibility index (Phi) is 8.22. The first-order valence-electron chi connectivity index (χ1n) is 12.4. The van der Waals surface area contributed by atoms with Crippen LogP contribution in [0.25, 0.3) is 0 Å². The molecule has 198 valence electrons. The van der Waals surface area contributed by atoms with Crippen molar-refractivity contribution < 1.29 is 42.9 Å². The molecule has 0 radical (unpaired) electrons. The lowest BCUT2D eigenvalue weighted by Crippen LogP contribution is -2.44. The van der Waals surface area contributed by atoms with Crippen LogP contribution >= 0.6 is 15.2 Å². The number of rotatable bonds is 10. The van der Waals surface area contributed by atoms with Gasteiger partial charge >= 0.3 is 15.2 Å². The fraction of sp³-hybridized carbons (Fsp3) is 0.750. The van der Waals surface area contributed by atoms with Crippen molar-refractivity contribution in [3.8, 4) is 5.75 Å². The highest BCUT2D eigenvalue weighted by molar-refractivity contribution is 7.70. The average molecular weight is 533 g/mol. The summed E-state index contributed by atoms with van der Waals surface area (Å²) < 4.78 is 39.9. The molecule has 2 fully saturated rings. The average Bonchev–Trinajstić information content (AvgIpc) is 3.11. The summed E-state index contributed by atoms with van der Waals surface area (Å²) in [7, 11) is -8.12. The van der Waals surface area contributed by atoms with E-state index in [4.69, 9.17) is 14.2 Å². The lowest BCUT2D eigenvalue weighted by Gasteiger charge is -2.50. The van der Waals surface area contributed by atoms with Gasteiger partial charge in [-0.25, -0.2) is 0 Å². The largest absolute Gasteiger partial charge is 0.494 e. The minimum absolute atomic E-state index is 0.130. The Hall–Kier alpha value is -0.760. The van der Waals surface area contributed by atoms with Crippen LogP contribution in [0.2, 0.25) is 0 Å². The van der Waals surface area contributed by atoms with Crippen LogP contribution in [-0.4, -0.2) is 51.6 Å². The molecule has 3 aliphatic carbocycles. The molecule has 1 unspecified atom stereocenters. The summed E-state index contributed by atoms with van der Waals surface area (Å²) in [6, 6.07) is 6.16. The van der Waals surface area contributed by atoms with Crippen molar-refractivity contribution in [1.29, 1.82) is 0 Å². The maximum Gasteiger partial charge on any atom is 0.340 e. The highest BCUT2D eigenvalue weighted by Gasteiger charge is 2.55. The second-order valence-corrected chi connectivity index (χ2v) is 14.6. The monoisotopic (exact) mass is 532 g/mol. The molecule has 5 atom stereocenters. The van der Waals surface area contributed by atoms with Crippen LogP contribution in [-0.2, 0) is 25.0 Å². The standard InChI is InChI=1S/C24H38O9P2/c1-24-12-11-19-18-8-6-17(32-13-3-4-23(34(25,26)27)35(28,29)30)14-16(18)5-7-20(19)21(24)9-10-22(24)33-15-31-2/h6,8,14,19-23H,3-5,7,9-13,15H2,1-2H3,(H2,25,26,27)(H2,28,29,30)/t19-,20-,21+,22?,24+/m1/s1. The Morgan fingerprint density at radius 2 is 1.83 bits per heavy atom. The summed E-state index contributed by atoms with van der Waals surface area (Å²) in [5.74, 6) is 2.53. The lowest BCUT2D eigenvalue weighted by atomic mass is 9.55. The first-order valence-corrected chi connectivity index (χ1v) is 15.8. The minimum Gasteiger partial charge on any atom is -0.494 e. The minimum atomic E-state index is -4.89. The van der Waals surface area contributed by atoms with Crippen molar-refractivity contribution in [2.24, 2.45) is 17.3 Å². The van der Waals surface area contributed by atoms with E-state index in [2.05, 4.69) is 19.1 Å². The highest BCUT2D eigenvalue weighted by atomic mass is 31.2. The van der Waals surface area contributed by atoms with E-state index in [1.165, 1.54) is 17.5 Å². The molecule has 0 aromatic heterocycles. The van der Waals surface area contributed by atoms with Crippen molar-refractivity contribution in [3.05, 3.63) is 29.3 Å². The van der Waals surface area contributed by atoms with E-state index < -0.39 is 20.6 Å². The van der Waals surface area contributed by atoms with E-state index in [9.17, 15) is 28.7 Å². The topological polar surface area (TPSA) is 143 Å². The summed E-state index contributed by atoms with van der Waals surface area (Å²) in [5, 5.41) is -1.98. The molecule has 4 rings (SSSR count). The first-order chi connectivity index (χ1) is 16.4. The van der Waals surface area contributed by atoms with Crippen molar-refractivity contribution in [2.45, 2.75) is 75.7 Å². The molecule has 0 spiro atoms. The van der Waals surface area contributed by atoms with Crippen LogP contribution in [0.1, 0.15) is 68.9 Å². The molecule has 9 nitrogen and oxygen atoms in total. The number of benzene rings is 1. The van der Waals surface area contributed by atoms with Crippen LogP contribution in [0.3, 0.4) is 0 Å². The summed E-state index contributed by atoms with van der Waals surface area (Å²) in [6.07, 6.45) is 6.81. The van der Waals surface area contributed by atoms with Crippen LogP contribution in [0.4, 0.5) is 0 Å². The van der Waals surface area contributed by atoms with Gasteiger partial charge in [0.2, 0.25) is 0 Å². The van der Waals surface area contributed by atoms with Gasteiger partial charge in [0, 0.05) is 7.11 Å². The zero-order valence-electron chi connectivity index (χ0n) is 20.4. The maximum absolute atomic E-state index is 11.4. The number of ether oxygens (including phenoxy) is 3. The smallest absolute Gasteiger partial charge is 0.340 e. The molecule has 0 bridgehead atoms. The van der Waals surface area contributed by atoms with E-state index >= 15 is 0 Å². The van der Waals surface area contributed by atoms with Gasteiger partial charge in [0.05, 0.1) is 12.7 Å². The molecular weight excluding hydrogens is 494 g/mol. The third-order valence-corrected chi connectivity index (χ3v) is 12.5. The van der Waals surface area contributed by atoms with Gasteiger partial charge in [-0.2, -0.15) is 0 Å². The molecule has 1 aromatic rings. The zero-order valence-corrected chi connectivity index (χ0v) is 22.2. The van der Waals surface area contributed by atoms with Gasteiger partial charge in [-0.15, -0.1) is 0 Å². The molecule has 0 saturated heterocycles. The molecule has 4 N–H and O–H groups in total. The normalized spacial score (nSPS) is 30.6. The van der Waals surface area contributed by atoms with Gasteiger partial charge in [0.1, 0.15) is 12.5 Å². The third kappa shape index (κ3) is 5.73.